The fraction of sp³-hybridized carbons (Fsp3) is 0.688. The molecular weight excluding hydrogens is 782 g/mol. The Balaban J connectivity index is 1.10. The van der Waals surface area contributed by atoms with Gasteiger partial charge in [-0.3, -0.25) is 9.13 Å². The van der Waals surface area contributed by atoms with Crippen LogP contribution in [-0.4, -0.2) is 109 Å². The van der Waals surface area contributed by atoms with Gasteiger partial charge < -0.3 is 29.9 Å². The molecule has 13 atom stereocenters. The first-order chi connectivity index (χ1) is 26.1. The van der Waals surface area contributed by atoms with Crippen molar-refractivity contribution in [2.45, 2.75) is 119 Å². The Morgan fingerprint density at radius 2 is 1.22 bits per heavy atom. The maximum atomic E-state index is 11.9. The van der Waals surface area contributed by atoms with Gasteiger partial charge in [0.25, 0.3) is 0 Å². The van der Waals surface area contributed by atoms with Crippen LogP contribution < -0.4 is 0 Å². The zero-order chi connectivity index (χ0) is 38.1. The minimum Gasteiger partial charge on any atom is -0.394 e. The van der Waals surface area contributed by atoms with Gasteiger partial charge in [0, 0.05) is 11.8 Å². The molecule has 22 heteroatoms. The number of imidazole rings is 2. The summed E-state index contributed by atoms with van der Waals surface area (Å²) in [4.78, 5) is 27.9. The summed E-state index contributed by atoms with van der Waals surface area (Å²) in [5, 5.41) is 41.0. The van der Waals surface area contributed by atoms with Gasteiger partial charge >= 0.3 is 14.5 Å². The Labute approximate surface area is 322 Å². The van der Waals surface area contributed by atoms with Crippen molar-refractivity contribution in [2.75, 3.05) is 13.2 Å². The molecule has 0 radical (unpaired) electrons. The molecule has 4 N–H and O–H groups in total. The van der Waals surface area contributed by atoms with Gasteiger partial charge in [-0.25, -0.2) is 29.9 Å². The first-order valence-corrected chi connectivity index (χ1v) is 22.7. The second-order valence-corrected chi connectivity index (χ2v) is 17.4. The molecule has 3 fully saturated rings. The normalized spacial score (nSPS) is 33.3. The quantitative estimate of drug-likeness (QED) is 0.0977. The van der Waals surface area contributed by atoms with Gasteiger partial charge in [0.2, 0.25) is 0 Å². The summed E-state index contributed by atoms with van der Waals surface area (Å²) in [7, 11) is -4.74. The third kappa shape index (κ3) is 7.95. The third-order valence-corrected chi connectivity index (χ3v) is 12.3. The maximum Gasteiger partial charge on any atom is 0.582 e. The lowest BCUT2D eigenvalue weighted by Crippen LogP contribution is -2.34. The zero-order valence-corrected chi connectivity index (χ0v) is 32.9. The standard InChI is InChI=1S/C32H42N8O10P2S2/c1-16-6-5-8-17(21-23-29(35-12-33-21)39(14-37-23)31-27(49-51(45)53)25(43)19(10-41)47-31)7-3-2-4-9-18(16)22-24-30(36-13-34-22)40(15-38-24)32-28(50-52(46)54)26(44)20(11-42)48-32/h12-20,25-28,31-32,41-44H,2-11H2,1H3/p+2. The van der Waals surface area contributed by atoms with Gasteiger partial charge in [0.15, 0.2) is 36.0 Å². The van der Waals surface area contributed by atoms with Crippen molar-refractivity contribution in [3.8, 4) is 0 Å². The number of fused-ring (bicyclic) bond motifs is 2. The minimum atomic E-state index is -2.37. The van der Waals surface area contributed by atoms with Crippen LogP contribution in [0, 0.1) is 5.92 Å². The number of ether oxygens (including phenoxy) is 2. The van der Waals surface area contributed by atoms with Crippen molar-refractivity contribution in [1.82, 2.24) is 39.0 Å². The number of aliphatic hydroxyl groups is 4. The molecule has 3 aliphatic rings. The van der Waals surface area contributed by atoms with Crippen LogP contribution in [0.3, 0.4) is 0 Å². The lowest BCUT2D eigenvalue weighted by Gasteiger charge is -2.24. The molecule has 0 amide bonds. The molecule has 1 saturated carbocycles. The van der Waals surface area contributed by atoms with Crippen LogP contribution in [0.15, 0.2) is 25.3 Å². The Hall–Kier alpha value is -2.32. The van der Waals surface area contributed by atoms with Crippen molar-refractivity contribution in [2.24, 2.45) is 5.92 Å². The minimum absolute atomic E-state index is 0.0863. The van der Waals surface area contributed by atoms with E-state index in [9.17, 15) is 29.6 Å². The summed E-state index contributed by atoms with van der Waals surface area (Å²) in [6.45, 7) is 1.32. The highest BCUT2D eigenvalue weighted by molar-refractivity contribution is 8.39. The van der Waals surface area contributed by atoms with Crippen LogP contribution in [0.2, 0.25) is 0 Å². The van der Waals surface area contributed by atoms with E-state index in [0.717, 1.165) is 62.8 Å². The molecule has 1 aliphatic carbocycles. The van der Waals surface area contributed by atoms with Crippen LogP contribution in [0.25, 0.3) is 22.3 Å². The van der Waals surface area contributed by atoms with Crippen LogP contribution in [0.5, 0.6) is 0 Å². The lowest BCUT2D eigenvalue weighted by atomic mass is 9.82. The molecule has 6 heterocycles. The molecule has 2 saturated heterocycles. The van der Waals surface area contributed by atoms with Gasteiger partial charge in [-0.1, -0.05) is 39.0 Å². The SMILES string of the molecule is CC1CCCC(c2ncnc3c2ncn3C2OC(CO)C(O)C2O[P+](=O)S)CCCCCC1c1ncnc2c1ncn2C1OC(CO)C(O)C1O[P+](=O)S. The highest BCUT2D eigenvalue weighted by Crippen LogP contribution is 2.44. The average Bonchev–Trinajstić information content (AvgIpc) is 3.92. The molecule has 13 unspecified atom stereocenters. The summed E-state index contributed by atoms with van der Waals surface area (Å²) in [6.07, 6.45) is 5.12. The lowest BCUT2D eigenvalue weighted by molar-refractivity contribution is -0.0481. The van der Waals surface area contributed by atoms with E-state index in [0.29, 0.717) is 22.3 Å². The van der Waals surface area contributed by atoms with Crippen LogP contribution in [0.1, 0.15) is 94.0 Å². The monoisotopic (exact) mass is 826 g/mol. The highest BCUT2D eigenvalue weighted by atomic mass is 32.7. The predicted octanol–water partition coefficient (Wildman–Crippen LogP) is 4.05. The van der Waals surface area contributed by atoms with Gasteiger partial charge in [-0.05, 0) is 34.3 Å². The van der Waals surface area contributed by atoms with E-state index in [4.69, 9.17) is 33.5 Å². The second-order valence-electron chi connectivity index (χ2n) is 14.1. The number of aromatic nitrogens is 8. The molecule has 18 nitrogen and oxygen atoms in total. The van der Waals surface area contributed by atoms with E-state index in [1.807, 2.05) is 0 Å². The summed E-state index contributed by atoms with van der Waals surface area (Å²) in [5.74, 6) is 0.434. The number of aliphatic hydroxyl groups excluding tert-OH is 4. The van der Waals surface area contributed by atoms with Crippen molar-refractivity contribution in [3.63, 3.8) is 0 Å². The summed E-state index contributed by atoms with van der Waals surface area (Å²) in [5.41, 5.74) is 3.84. The van der Waals surface area contributed by atoms with E-state index in [2.05, 4.69) is 46.4 Å². The molecule has 0 spiro atoms. The summed E-state index contributed by atoms with van der Waals surface area (Å²) < 4.78 is 49.7. The van der Waals surface area contributed by atoms with Gasteiger partial charge in [-0.15, -0.1) is 9.05 Å². The van der Waals surface area contributed by atoms with Gasteiger partial charge in [-0.2, -0.15) is 0 Å². The fourth-order valence-corrected chi connectivity index (χ4v) is 9.76. The number of rotatable bonds is 10. The van der Waals surface area contributed by atoms with E-state index >= 15 is 0 Å². The number of hydrogen-bond acceptors (Lipinski definition) is 16. The molecule has 2 aliphatic heterocycles. The first kappa shape index (κ1) is 39.9. The highest BCUT2D eigenvalue weighted by Gasteiger charge is 2.51. The van der Waals surface area contributed by atoms with E-state index in [1.165, 1.54) is 12.7 Å². The molecule has 0 aromatic carbocycles. The van der Waals surface area contributed by atoms with Gasteiger partial charge in [0.1, 0.15) is 72.6 Å². The fourth-order valence-electron chi connectivity index (χ4n) is 8.23. The van der Waals surface area contributed by atoms with E-state index < -0.39 is 76.8 Å². The van der Waals surface area contributed by atoms with Gasteiger partial charge in [0.05, 0.1) is 37.3 Å². The van der Waals surface area contributed by atoms with Crippen molar-refractivity contribution < 1.29 is 48.1 Å². The molecule has 4 aromatic heterocycles. The predicted molar refractivity (Wildman–Crippen MR) is 199 cm³/mol. The summed E-state index contributed by atoms with van der Waals surface area (Å²) in [6, 6.07) is 0. The topological polar surface area (TPSA) is 239 Å². The van der Waals surface area contributed by atoms with E-state index in [-0.39, 0.29) is 17.8 Å². The van der Waals surface area contributed by atoms with Crippen molar-refractivity contribution >= 4 is 61.3 Å². The number of thiol groups is 2. The van der Waals surface area contributed by atoms with Crippen LogP contribution in [-0.2, 0) is 27.7 Å². The maximum absolute atomic E-state index is 11.9. The Bertz CT molecular complexity index is 1960. The van der Waals surface area contributed by atoms with Crippen LogP contribution in [0.4, 0.5) is 0 Å². The second kappa shape index (κ2) is 17.4. The Kier molecular flexibility index (Phi) is 12.9. The smallest absolute Gasteiger partial charge is 0.394 e. The average molecular weight is 827 g/mol. The Morgan fingerprint density at radius 3 is 1.76 bits per heavy atom. The van der Waals surface area contributed by atoms with Crippen molar-refractivity contribution in [3.05, 3.63) is 36.7 Å². The molecule has 4 aromatic rings. The molecular formula is C32H44N8O10P2S2+2. The zero-order valence-electron chi connectivity index (χ0n) is 29.3. The largest absolute Gasteiger partial charge is 0.582 e. The van der Waals surface area contributed by atoms with E-state index in [1.54, 1.807) is 21.8 Å². The Morgan fingerprint density at radius 1 is 0.722 bits per heavy atom. The third-order valence-electron chi connectivity index (χ3n) is 10.9. The molecule has 292 valence electrons. The molecule has 0 bridgehead atoms. The summed E-state index contributed by atoms with van der Waals surface area (Å²) >= 11 is 7.73. The molecule has 54 heavy (non-hydrogen) atoms. The molecule has 7 rings (SSSR count). The van der Waals surface area contributed by atoms with Crippen LogP contribution >= 0.6 is 39.0 Å². The number of hydrogen-bond donors (Lipinski definition) is 6. The first-order valence-electron chi connectivity index (χ1n) is 18.0. The number of nitrogens with zero attached hydrogens (tertiary/aromatic N) is 8. The van der Waals surface area contributed by atoms with Crippen molar-refractivity contribution in [1.29, 1.82) is 0 Å².